The SMILES string of the molecule is CCOc1ccc(NS(=O)(=O)CCOC(C)C)cc1CN. The van der Waals surface area contributed by atoms with E-state index in [1.807, 2.05) is 20.8 Å². The normalized spacial score (nSPS) is 11.7. The Bertz CT molecular complexity index is 544. The summed E-state index contributed by atoms with van der Waals surface area (Å²) in [6.07, 6.45) is 0.00881. The Labute approximate surface area is 126 Å². The second-order valence-corrected chi connectivity index (χ2v) is 6.64. The lowest BCUT2D eigenvalue weighted by atomic mass is 10.2. The topological polar surface area (TPSA) is 90.6 Å². The lowest BCUT2D eigenvalue weighted by molar-refractivity contribution is 0.0913. The highest BCUT2D eigenvalue weighted by Gasteiger charge is 2.12. The van der Waals surface area contributed by atoms with Gasteiger partial charge in [-0.2, -0.15) is 0 Å². The van der Waals surface area contributed by atoms with Gasteiger partial charge < -0.3 is 15.2 Å². The third-order valence-electron chi connectivity index (χ3n) is 2.66. The predicted molar refractivity (Wildman–Crippen MR) is 84.0 cm³/mol. The van der Waals surface area contributed by atoms with Gasteiger partial charge in [0.25, 0.3) is 0 Å². The first-order valence-corrected chi connectivity index (χ1v) is 8.61. The van der Waals surface area contributed by atoms with E-state index in [2.05, 4.69) is 4.72 Å². The number of benzene rings is 1. The van der Waals surface area contributed by atoms with Gasteiger partial charge in [0.15, 0.2) is 0 Å². The molecule has 3 N–H and O–H groups in total. The molecule has 21 heavy (non-hydrogen) atoms. The third-order valence-corrected chi connectivity index (χ3v) is 3.91. The summed E-state index contributed by atoms with van der Waals surface area (Å²) in [6, 6.07) is 5.06. The van der Waals surface area contributed by atoms with Gasteiger partial charge in [0, 0.05) is 17.8 Å². The molecule has 0 unspecified atom stereocenters. The van der Waals surface area contributed by atoms with Crippen molar-refractivity contribution < 1.29 is 17.9 Å². The van der Waals surface area contributed by atoms with Crippen molar-refractivity contribution in [1.82, 2.24) is 0 Å². The molecule has 0 aliphatic rings. The molecule has 0 saturated heterocycles. The molecule has 0 radical (unpaired) electrons. The van der Waals surface area contributed by atoms with Gasteiger partial charge in [0.05, 0.1) is 25.1 Å². The zero-order valence-electron chi connectivity index (χ0n) is 12.8. The quantitative estimate of drug-likeness (QED) is 0.724. The van der Waals surface area contributed by atoms with Crippen LogP contribution in [0.2, 0.25) is 0 Å². The molecule has 0 fully saturated rings. The Kier molecular flexibility index (Phi) is 6.94. The molecule has 1 rings (SSSR count). The molecule has 1 aromatic carbocycles. The minimum Gasteiger partial charge on any atom is -0.494 e. The monoisotopic (exact) mass is 316 g/mol. The van der Waals surface area contributed by atoms with Crippen molar-refractivity contribution in [3.05, 3.63) is 23.8 Å². The van der Waals surface area contributed by atoms with E-state index in [0.717, 1.165) is 5.56 Å². The number of rotatable bonds is 9. The van der Waals surface area contributed by atoms with E-state index in [1.165, 1.54) is 0 Å². The van der Waals surface area contributed by atoms with Crippen LogP contribution in [0.1, 0.15) is 26.3 Å². The zero-order valence-corrected chi connectivity index (χ0v) is 13.6. The van der Waals surface area contributed by atoms with Gasteiger partial charge in [-0.15, -0.1) is 0 Å². The molecule has 0 aromatic heterocycles. The first kappa shape index (κ1) is 17.7. The highest BCUT2D eigenvalue weighted by atomic mass is 32.2. The van der Waals surface area contributed by atoms with Crippen LogP contribution in [0.15, 0.2) is 18.2 Å². The highest BCUT2D eigenvalue weighted by molar-refractivity contribution is 7.92. The number of ether oxygens (including phenoxy) is 2. The maximum atomic E-state index is 11.9. The van der Waals surface area contributed by atoms with Gasteiger partial charge in [-0.1, -0.05) is 0 Å². The van der Waals surface area contributed by atoms with Gasteiger partial charge in [0.1, 0.15) is 5.75 Å². The summed E-state index contributed by atoms with van der Waals surface area (Å²) in [4.78, 5) is 0. The molecule has 6 nitrogen and oxygen atoms in total. The molecule has 0 amide bonds. The Morgan fingerprint density at radius 1 is 1.33 bits per heavy atom. The summed E-state index contributed by atoms with van der Waals surface area (Å²) in [6.45, 7) is 6.57. The first-order chi connectivity index (χ1) is 9.88. The molecule has 0 spiro atoms. The number of sulfonamides is 1. The van der Waals surface area contributed by atoms with Crippen molar-refractivity contribution in [2.24, 2.45) is 5.73 Å². The molecule has 0 saturated carbocycles. The van der Waals surface area contributed by atoms with Crippen molar-refractivity contribution >= 4 is 15.7 Å². The smallest absolute Gasteiger partial charge is 0.235 e. The summed E-state index contributed by atoms with van der Waals surface area (Å²) in [5.41, 5.74) is 6.88. The van der Waals surface area contributed by atoms with Gasteiger partial charge in [-0.05, 0) is 39.0 Å². The second-order valence-electron chi connectivity index (χ2n) is 4.80. The molecule has 1 aromatic rings. The summed E-state index contributed by atoms with van der Waals surface area (Å²) >= 11 is 0. The molecule has 0 aliphatic heterocycles. The predicted octanol–water partition coefficient (Wildman–Crippen LogP) is 1.71. The molecular formula is C14H24N2O4S. The van der Waals surface area contributed by atoms with Crippen molar-refractivity contribution in [2.45, 2.75) is 33.4 Å². The van der Waals surface area contributed by atoms with Crippen LogP contribution in [0.4, 0.5) is 5.69 Å². The summed E-state index contributed by atoms with van der Waals surface area (Å²) in [5, 5.41) is 0. The van der Waals surface area contributed by atoms with Crippen LogP contribution < -0.4 is 15.2 Å². The summed E-state index contributed by atoms with van der Waals surface area (Å²) in [5.74, 6) is 0.585. The van der Waals surface area contributed by atoms with Crippen LogP contribution in [-0.2, 0) is 21.3 Å². The van der Waals surface area contributed by atoms with Gasteiger partial charge in [-0.25, -0.2) is 8.42 Å². The highest BCUT2D eigenvalue weighted by Crippen LogP contribution is 2.23. The fraction of sp³-hybridized carbons (Fsp3) is 0.571. The third kappa shape index (κ3) is 6.33. The number of hydrogen-bond donors (Lipinski definition) is 2. The van der Waals surface area contributed by atoms with E-state index < -0.39 is 10.0 Å². The Morgan fingerprint density at radius 3 is 2.62 bits per heavy atom. The summed E-state index contributed by atoms with van der Waals surface area (Å²) < 4.78 is 37.1. The van der Waals surface area contributed by atoms with E-state index >= 15 is 0 Å². The van der Waals surface area contributed by atoms with Crippen molar-refractivity contribution in [3.8, 4) is 5.75 Å². The number of hydrogen-bond acceptors (Lipinski definition) is 5. The lowest BCUT2D eigenvalue weighted by Gasteiger charge is -2.13. The standard InChI is InChI=1S/C14H24N2O4S/c1-4-19-14-6-5-13(9-12(14)10-15)16-21(17,18)8-7-20-11(2)3/h5-6,9,11,16H,4,7-8,10,15H2,1-3H3. The number of nitrogens with one attached hydrogen (secondary N) is 1. The fourth-order valence-corrected chi connectivity index (χ4v) is 2.63. The van der Waals surface area contributed by atoms with E-state index in [0.29, 0.717) is 18.0 Å². The van der Waals surface area contributed by atoms with E-state index in [9.17, 15) is 8.42 Å². The average Bonchev–Trinajstić information content (AvgIpc) is 2.39. The number of anilines is 1. The van der Waals surface area contributed by atoms with Crippen molar-refractivity contribution in [2.75, 3.05) is 23.7 Å². The van der Waals surface area contributed by atoms with Gasteiger partial charge in [0.2, 0.25) is 10.0 Å². The molecule has 7 heteroatoms. The minimum atomic E-state index is -3.44. The molecule has 0 aliphatic carbocycles. The van der Waals surface area contributed by atoms with Crippen LogP contribution in [0.25, 0.3) is 0 Å². The van der Waals surface area contributed by atoms with E-state index in [-0.39, 0.29) is 25.0 Å². The van der Waals surface area contributed by atoms with Crippen LogP contribution in [0.5, 0.6) is 5.75 Å². The molecule has 0 bridgehead atoms. The van der Waals surface area contributed by atoms with E-state index in [1.54, 1.807) is 18.2 Å². The lowest BCUT2D eigenvalue weighted by Crippen LogP contribution is -2.21. The maximum Gasteiger partial charge on any atom is 0.235 e. The zero-order chi connectivity index (χ0) is 15.9. The minimum absolute atomic E-state index is 0.00881. The van der Waals surface area contributed by atoms with Gasteiger partial charge >= 0.3 is 0 Å². The van der Waals surface area contributed by atoms with E-state index in [4.69, 9.17) is 15.2 Å². The maximum absolute atomic E-state index is 11.9. The molecular weight excluding hydrogens is 292 g/mol. The molecule has 0 heterocycles. The molecule has 0 atom stereocenters. The van der Waals surface area contributed by atoms with Crippen molar-refractivity contribution in [1.29, 1.82) is 0 Å². The summed E-state index contributed by atoms with van der Waals surface area (Å²) in [7, 11) is -3.44. The molecule has 120 valence electrons. The Morgan fingerprint density at radius 2 is 2.05 bits per heavy atom. The average molecular weight is 316 g/mol. The Hall–Kier alpha value is -1.31. The second kappa shape index (κ2) is 8.21. The largest absolute Gasteiger partial charge is 0.494 e. The van der Waals surface area contributed by atoms with Gasteiger partial charge in [-0.3, -0.25) is 4.72 Å². The fourth-order valence-electron chi connectivity index (χ4n) is 1.72. The van der Waals surface area contributed by atoms with Crippen LogP contribution in [0, 0.1) is 0 Å². The van der Waals surface area contributed by atoms with Crippen LogP contribution in [0.3, 0.4) is 0 Å². The Balaban J connectivity index is 2.73. The van der Waals surface area contributed by atoms with Crippen molar-refractivity contribution in [3.63, 3.8) is 0 Å². The number of nitrogens with two attached hydrogens (primary N) is 1. The van der Waals surface area contributed by atoms with Crippen LogP contribution in [-0.4, -0.2) is 33.5 Å². The van der Waals surface area contributed by atoms with Crippen LogP contribution >= 0.6 is 0 Å². The first-order valence-electron chi connectivity index (χ1n) is 6.95.